The molecule has 0 saturated heterocycles. The molecule has 0 aliphatic carbocycles. The molecule has 0 fully saturated rings. The minimum absolute atomic E-state index is 0.0702. The molecule has 25 heavy (non-hydrogen) atoms. The summed E-state index contributed by atoms with van der Waals surface area (Å²) in [6, 6.07) is 0. The molecule has 0 aromatic heterocycles. The Morgan fingerprint density at radius 3 is 2.16 bits per heavy atom. The molecule has 3 unspecified atom stereocenters. The van der Waals surface area contributed by atoms with Crippen molar-refractivity contribution in [3.63, 3.8) is 0 Å². The first-order valence-electron chi connectivity index (χ1n) is 8.56. The van der Waals surface area contributed by atoms with Crippen molar-refractivity contribution in [1.82, 2.24) is 5.32 Å². The number of esters is 1. The number of halogens is 1. The normalized spacial score (nSPS) is 16.2. The number of hydrogen-bond acceptors (Lipinski definition) is 5. The van der Waals surface area contributed by atoms with Gasteiger partial charge in [0.1, 0.15) is 0 Å². The van der Waals surface area contributed by atoms with Crippen LogP contribution in [0.3, 0.4) is 0 Å². The minimum atomic E-state index is -2.50. The molecule has 0 aromatic carbocycles. The fraction of sp³-hybridized carbons (Fsp3) is 0.875. The molecule has 148 valence electrons. The lowest BCUT2D eigenvalue weighted by Crippen LogP contribution is -2.38. The molecule has 4 atom stereocenters. The number of rotatable bonds is 11. The lowest BCUT2D eigenvalue weighted by Gasteiger charge is -2.23. The van der Waals surface area contributed by atoms with E-state index in [1.165, 1.54) is 0 Å². The zero-order valence-electron chi connectivity index (χ0n) is 15.6. The van der Waals surface area contributed by atoms with Gasteiger partial charge >= 0.3 is 12.1 Å². The van der Waals surface area contributed by atoms with Crippen LogP contribution in [-0.2, 0) is 18.8 Å². The molecule has 0 aliphatic rings. The van der Waals surface area contributed by atoms with Gasteiger partial charge < -0.3 is 14.4 Å². The molecule has 0 radical (unpaired) electrons. The van der Waals surface area contributed by atoms with E-state index in [2.05, 4.69) is 5.32 Å². The number of amides is 1. The third-order valence-corrected chi connectivity index (χ3v) is 4.23. The molecule has 0 aromatic rings. The first-order chi connectivity index (χ1) is 11.5. The van der Waals surface area contributed by atoms with E-state index < -0.39 is 32.7 Å². The van der Waals surface area contributed by atoms with E-state index in [9.17, 15) is 18.5 Å². The van der Waals surface area contributed by atoms with Gasteiger partial charge in [0.25, 0.3) is 6.29 Å². The van der Waals surface area contributed by atoms with Crippen molar-refractivity contribution in [2.45, 2.75) is 66.5 Å². The summed E-state index contributed by atoms with van der Waals surface area (Å²) in [7, 11) is -2.50. The Morgan fingerprint density at radius 1 is 1.08 bits per heavy atom. The monoisotopic (exact) mass is 383 g/mol. The third-order valence-electron chi connectivity index (χ3n) is 3.51. The smallest absolute Gasteiger partial charge is 0.412 e. The molecule has 0 bridgehead atoms. The number of alkyl halides is 1. The van der Waals surface area contributed by atoms with Crippen molar-refractivity contribution in [3.05, 3.63) is 0 Å². The molecule has 0 rings (SSSR count). The Hall–Kier alpha value is -1.14. The summed E-state index contributed by atoms with van der Waals surface area (Å²) in [5.41, 5.74) is 0. The topological polar surface area (TPSA) is 102 Å². The second kappa shape index (κ2) is 12.3. The van der Waals surface area contributed by atoms with E-state index in [4.69, 9.17) is 14.4 Å². The number of alkyl carbamates (subject to hydrolysis) is 1. The highest BCUT2D eigenvalue weighted by Gasteiger charge is 2.25. The van der Waals surface area contributed by atoms with E-state index in [1.807, 2.05) is 6.92 Å². The fourth-order valence-electron chi connectivity index (χ4n) is 1.83. The summed E-state index contributed by atoms with van der Waals surface area (Å²) in [6.45, 7) is 8.61. The van der Waals surface area contributed by atoms with Gasteiger partial charge in [0.05, 0.1) is 5.92 Å². The van der Waals surface area contributed by atoms with Crippen LogP contribution in [0.5, 0.6) is 0 Å². The van der Waals surface area contributed by atoms with Crippen LogP contribution in [0.2, 0.25) is 0 Å². The van der Waals surface area contributed by atoms with Gasteiger partial charge in [0.15, 0.2) is 14.3 Å². The first kappa shape index (κ1) is 23.9. The highest BCUT2D eigenvalue weighted by molar-refractivity contribution is 7.37. The van der Waals surface area contributed by atoms with Crippen LogP contribution >= 0.6 is 8.03 Å². The van der Waals surface area contributed by atoms with Gasteiger partial charge in [-0.25, -0.2) is 9.18 Å². The first-order valence-corrected chi connectivity index (χ1v) is 10.1. The van der Waals surface area contributed by atoms with Crippen molar-refractivity contribution < 1.29 is 32.9 Å². The maximum absolute atomic E-state index is 13.8. The number of carbonyl (C=O) groups excluding carboxylic acids is 2. The summed E-state index contributed by atoms with van der Waals surface area (Å²) in [5, 5.41) is 2.06. The number of carbonyl (C=O) groups is 2. The lowest BCUT2D eigenvalue weighted by molar-refractivity contribution is -0.178. The van der Waals surface area contributed by atoms with Gasteiger partial charge in [-0.05, 0) is 25.2 Å². The van der Waals surface area contributed by atoms with Gasteiger partial charge in [-0.2, -0.15) is 0 Å². The highest BCUT2D eigenvalue weighted by atomic mass is 31.1. The average molecular weight is 383 g/mol. The van der Waals surface area contributed by atoms with E-state index in [-0.39, 0.29) is 30.3 Å². The summed E-state index contributed by atoms with van der Waals surface area (Å²) in [4.78, 5) is 32.1. The van der Waals surface area contributed by atoms with Crippen LogP contribution in [0.4, 0.5) is 9.18 Å². The summed E-state index contributed by atoms with van der Waals surface area (Å²) < 4.78 is 34.6. The predicted octanol–water partition coefficient (Wildman–Crippen LogP) is 3.46. The minimum Gasteiger partial charge on any atom is -0.425 e. The van der Waals surface area contributed by atoms with Gasteiger partial charge in [-0.1, -0.05) is 34.6 Å². The molecule has 0 spiro atoms. The maximum Gasteiger partial charge on any atom is 0.412 e. The zero-order valence-corrected chi connectivity index (χ0v) is 16.6. The van der Waals surface area contributed by atoms with Gasteiger partial charge in [0, 0.05) is 12.1 Å². The number of nitrogens with one attached hydrogen (secondary N) is 1. The molecular weight excluding hydrogens is 352 g/mol. The molecular formula is C16H31FNO6P. The highest BCUT2D eigenvalue weighted by Crippen LogP contribution is 2.21. The van der Waals surface area contributed by atoms with E-state index in [0.29, 0.717) is 12.8 Å². The van der Waals surface area contributed by atoms with Crippen LogP contribution in [0.25, 0.3) is 0 Å². The Bertz CT molecular complexity index is 446. The predicted molar refractivity (Wildman–Crippen MR) is 93.2 cm³/mol. The van der Waals surface area contributed by atoms with Gasteiger partial charge in [-0.15, -0.1) is 0 Å². The maximum atomic E-state index is 13.8. The Kier molecular flexibility index (Phi) is 11.7. The Balaban J connectivity index is 4.27. The van der Waals surface area contributed by atoms with Crippen molar-refractivity contribution in [2.24, 2.45) is 17.8 Å². The van der Waals surface area contributed by atoms with Crippen LogP contribution in [0.1, 0.15) is 53.9 Å². The quantitative estimate of drug-likeness (QED) is 0.245. The zero-order chi connectivity index (χ0) is 19.6. The van der Waals surface area contributed by atoms with Crippen molar-refractivity contribution in [3.8, 4) is 0 Å². The van der Waals surface area contributed by atoms with Crippen molar-refractivity contribution in [1.29, 1.82) is 0 Å². The molecule has 0 saturated carbocycles. The molecule has 2 N–H and O–H groups in total. The second-order valence-electron chi connectivity index (χ2n) is 6.84. The molecule has 0 aliphatic heterocycles. The van der Waals surface area contributed by atoms with Crippen LogP contribution in [0, 0.1) is 17.8 Å². The number of hydrogen-bond donors (Lipinski definition) is 2. The van der Waals surface area contributed by atoms with E-state index in [0.717, 1.165) is 0 Å². The van der Waals surface area contributed by atoms with Crippen molar-refractivity contribution >= 4 is 20.1 Å². The molecule has 0 heterocycles. The summed E-state index contributed by atoms with van der Waals surface area (Å²) >= 11 is 0. The van der Waals surface area contributed by atoms with Crippen LogP contribution in [-0.4, -0.2) is 35.7 Å². The van der Waals surface area contributed by atoms with Gasteiger partial charge in [-0.3, -0.25) is 14.7 Å². The largest absolute Gasteiger partial charge is 0.425 e. The van der Waals surface area contributed by atoms with E-state index in [1.54, 1.807) is 27.7 Å². The Morgan fingerprint density at radius 2 is 1.68 bits per heavy atom. The van der Waals surface area contributed by atoms with Crippen LogP contribution in [0.15, 0.2) is 0 Å². The second-order valence-corrected chi connectivity index (χ2v) is 8.12. The average Bonchev–Trinajstić information content (AvgIpc) is 2.49. The SMILES string of the molecule is CC(CCC(F)NC(=O)O[C@@H](OC(=O)C(C)C)C(C)C)CC[PH](=O)O. The Labute approximate surface area is 149 Å². The summed E-state index contributed by atoms with van der Waals surface area (Å²) in [5.74, 6) is -1.06. The van der Waals surface area contributed by atoms with Gasteiger partial charge in [0.2, 0.25) is 0 Å². The number of ether oxygens (including phenoxy) is 2. The standard InChI is InChI=1S/C16H31FNO6P/c1-10(2)14(19)23-15(11(3)4)24-16(20)18-13(17)7-6-12(5)8-9-25(21)22/h10-13,15,25H,6-9H2,1-5H3,(H,18,20)(H,21,22)/t12?,13?,15-/m1/s1. The molecule has 1 amide bonds. The lowest BCUT2D eigenvalue weighted by atomic mass is 10.0. The molecule has 9 heteroatoms. The van der Waals surface area contributed by atoms with Crippen LogP contribution < -0.4 is 5.32 Å². The molecule has 7 nitrogen and oxygen atoms in total. The van der Waals surface area contributed by atoms with Crippen molar-refractivity contribution in [2.75, 3.05) is 6.16 Å². The summed E-state index contributed by atoms with van der Waals surface area (Å²) in [6.07, 6.45) is -2.39. The van der Waals surface area contributed by atoms with E-state index >= 15 is 0 Å². The fourth-order valence-corrected chi connectivity index (χ4v) is 2.57. The third kappa shape index (κ3) is 11.9.